The van der Waals surface area contributed by atoms with Gasteiger partial charge in [-0.1, -0.05) is 19.9 Å². The highest BCUT2D eigenvalue weighted by molar-refractivity contribution is 5.77. The molecule has 2 rings (SSSR count). The lowest BCUT2D eigenvalue weighted by molar-refractivity contribution is 0.104. The second kappa shape index (κ2) is 5.90. The highest BCUT2D eigenvalue weighted by Gasteiger charge is 2.11. The van der Waals surface area contributed by atoms with Crippen LogP contribution in [0.4, 0.5) is 4.79 Å². The number of aliphatic hydroxyl groups is 1. The van der Waals surface area contributed by atoms with E-state index in [4.69, 9.17) is 4.74 Å². The van der Waals surface area contributed by atoms with Gasteiger partial charge in [-0.2, -0.15) is 9.98 Å². The monoisotopic (exact) mass is 263 g/mol. The lowest BCUT2D eigenvalue weighted by Gasteiger charge is -2.14. The molecular formula is C13H17N3O3. The fourth-order valence-electron chi connectivity index (χ4n) is 1.67. The number of urea groups is 1. The minimum absolute atomic E-state index is 0.139. The van der Waals surface area contributed by atoms with Crippen LogP contribution >= 0.6 is 0 Å². The molecule has 1 aromatic rings. The number of carbonyl (C=O) groups is 1. The Labute approximate surface area is 110 Å². The van der Waals surface area contributed by atoms with Crippen LogP contribution in [-0.2, 0) is 0 Å². The Hall–Kier alpha value is -1.79. The standard InChI is InChI=1S/C13H17N3O3/c1-8(2)14-6-9(17)7-19-11-5-3-4-10-12(11)16-13(18)15-10/h3-5,8-9,14,17H,6-7H2,1-2H3/t9-/m1/s1. The molecule has 0 fully saturated rings. The smallest absolute Gasteiger partial charge is 0.368 e. The van der Waals surface area contributed by atoms with Crippen LogP contribution in [0.5, 0.6) is 5.75 Å². The number of amides is 2. The zero-order chi connectivity index (χ0) is 13.8. The molecule has 2 amide bonds. The topological polar surface area (TPSA) is 83.3 Å². The zero-order valence-electron chi connectivity index (χ0n) is 11.0. The Bertz CT molecular complexity index is 583. The molecule has 0 radical (unpaired) electrons. The summed E-state index contributed by atoms with van der Waals surface area (Å²) in [6.45, 7) is 4.60. The van der Waals surface area contributed by atoms with E-state index in [9.17, 15) is 9.90 Å². The van der Waals surface area contributed by atoms with Crippen molar-refractivity contribution in [2.24, 2.45) is 9.98 Å². The Morgan fingerprint density at radius 1 is 1.37 bits per heavy atom. The predicted molar refractivity (Wildman–Crippen MR) is 68.8 cm³/mol. The summed E-state index contributed by atoms with van der Waals surface area (Å²) in [5, 5.41) is 13.8. The fraction of sp³-hybridized carbons (Fsp3) is 0.462. The van der Waals surface area contributed by atoms with Crippen LogP contribution in [0.2, 0.25) is 0 Å². The summed E-state index contributed by atoms with van der Waals surface area (Å²) in [7, 11) is 0. The summed E-state index contributed by atoms with van der Waals surface area (Å²) >= 11 is 0. The number of nitrogens with one attached hydrogen (secondary N) is 1. The van der Waals surface area contributed by atoms with E-state index in [-0.39, 0.29) is 6.61 Å². The molecule has 0 spiro atoms. The van der Waals surface area contributed by atoms with Crippen LogP contribution in [0, 0.1) is 0 Å². The van der Waals surface area contributed by atoms with E-state index < -0.39 is 12.1 Å². The molecule has 1 aliphatic heterocycles. The number of aliphatic hydroxyl groups excluding tert-OH is 1. The van der Waals surface area contributed by atoms with Crippen LogP contribution < -0.4 is 20.8 Å². The number of rotatable bonds is 6. The van der Waals surface area contributed by atoms with E-state index >= 15 is 0 Å². The van der Waals surface area contributed by atoms with Crippen molar-refractivity contribution < 1.29 is 14.6 Å². The van der Waals surface area contributed by atoms with E-state index in [1.54, 1.807) is 18.2 Å². The molecule has 1 aromatic carbocycles. The summed E-state index contributed by atoms with van der Waals surface area (Å²) < 4.78 is 5.50. The molecule has 0 bridgehead atoms. The first-order valence-corrected chi connectivity index (χ1v) is 6.21. The SMILES string of the molecule is CC(C)NC[C@@H](O)COc1cccc2c1=NC(=O)N=2. The van der Waals surface area contributed by atoms with Crippen LogP contribution in [0.1, 0.15) is 13.8 Å². The van der Waals surface area contributed by atoms with Crippen molar-refractivity contribution in [3.8, 4) is 5.75 Å². The summed E-state index contributed by atoms with van der Waals surface area (Å²) in [6, 6.07) is 4.94. The van der Waals surface area contributed by atoms with Gasteiger partial charge in [0.15, 0.2) is 0 Å². The summed E-state index contributed by atoms with van der Waals surface area (Å²) in [5.41, 5.74) is 0. The molecule has 0 saturated carbocycles. The maximum atomic E-state index is 11.1. The van der Waals surface area contributed by atoms with Gasteiger partial charge < -0.3 is 15.2 Å². The molecule has 6 heteroatoms. The van der Waals surface area contributed by atoms with E-state index in [0.29, 0.717) is 29.1 Å². The van der Waals surface area contributed by atoms with Gasteiger partial charge in [-0.3, -0.25) is 0 Å². The minimum Gasteiger partial charge on any atom is -0.488 e. The van der Waals surface area contributed by atoms with Crippen LogP contribution in [0.15, 0.2) is 28.2 Å². The first kappa shape index (κ1) is 13.6. The molecule has 0 aromatic heterocycles. The van der Waals surface area contributed by atoms with Crippen molar-refractivity contribution in [2.45, 2.75) is 26.0 Å². The van der Waals surface area contributed by atoms with Gasteiger partial charge in [-0.15, -0.1) is 0 Å². The normalized spacial score (nSPS) is 14.8. The molecule has 0 saturated heterocycles. The third-order valence-corrected chi connectivity index (χ3v) is 2.59. The van der Waals surface area contributed by atoms with Crippen LogP contribution in [-0.4, -0.2) is 36.4 Å². The molecule has 1 heterocycles. The number of nitrogens with zero attached hydrogens (tertiary/aromatic N) is 2. The second-order valence-corrected chi connectivity index (χ2v) is 4.66. The first-order valence-electron chi connectivity index (χ1n) is 6.21. The molecule has 102 valence electrons. The van der Waals surface area contributed by atoms with Gasteiger partial charge in [0.25, 0.3) is 0 Å². The fourth-order valence-corrected chi connectivity index (χ4v) is 1.67. The maximum absolute atomic E-state index is 11.1. The van der Waals surface area contributed by atoms with Gasteiger partial charge in [0, 0.05) is 12.6 Å². The molecule has 6 nitrogen and oxygen atoms in total. The molecular weight excluding hydrogens is 246 g/mol. The Morgan fingerprint density at radius 2 is 2.16 bits per heavy atom. The predicted octanol–water partition coefficient (Wildman–Crippen LogP) is -0.203. The van der Waals surface area contributed by atoms with Crippen molar-refractivity contribution in [2.75, 3.05) is 13.2 Å². The van der Waals surface area contributed by atoms with E-state index in [2.05, 4.69) is 15.3 Å². The summed E-state index contributed by atoms with van der Waals surface area (Å²) in [6.07, 6.45) is -0.618. The lowest BCUT2D eigenvalue weighted by atomic mass is 10.3. The summed E-state index contributed by atoms with van der Waals surface area (Å²) in [4.78, 5) is 18.6. The second-order valence-electron chi connectivity index (χ2n) is 4.66. The van der Waals surface area contributed by atoms with Gasteiger partial charge in [-0.25, -0.2) is 4.79 Å². The van der Waals surface area contributed by atoms with Crippen LogP contribution in [0.25, 0.3) is 0 Å². The molecule has 19 heavy (non-hydrogen) atoms. The maximum Gasteiger partial charge on any atom is 0.368 e. The Balaban J connectivity index is 1.99. The van der Waals surface area contributed by atoms with Crippen molar-refractivity contribution in [3.63, 3.8) is 0 Å². The van der Waals surface area contributed by atoms with E-state index in [1.807, 2.05) is 13.8 Å². The van der Waals surface area contributed by atoms with Gasteiger partial charge >= 0.3 is 6.03 Å². The van der Waals surface area contributed by atoms with E-state index in [1.165, 1.54) is 0 Å². The number of fused-ring (bicyclic) bond motifs is 1. The van der Waals surface area contributed by atoms with Crippen molar-refractivity contribution in [1.82, 2.24) is 5.32 Å². The van der Waals surface area contributed by atoms with Crippen LogP contribution in [0.3, 0.4) is 0 Å². The Morgan fingerprint density at radius 3 is 2.89 bits per heavy atom. The molecule has 1 atom stereocenters. The Kier molecular flexibility index (Phi) is 4.24. The first-order chi connectivity index (χ1) is 9.06. The number of carbonyl (C=O) groups excluding carboxylic acids is 1. The lowest BCUT2D eigenvalue weighted by Crippen LogP contribution is -2.36. The third kappa shape index (κ3) is 3.59. The average Bonchev–Trinajstić information content (AvgIpc) is 2.74. The van der Waals surface area contributed by atoms with E-state index in [0.717, 1.165) is 0 Å². The zero-order valence-corrected chi connectivity index (χ0v) is 11.0. The molecule has 1 aliphatic rings. The van der Waals surface area contributed by atoms with Crippen molar-refractivity contribution >= 4 is 6.03 Å². The van der Waals surface area contributed by atoms with Gasteiger partial charge in [0.05, 0.1) is 5.36 Å². The number of benzene rings is 1. The van der Waals surface area contributed by atoms with Gasteiger partial charge in [0.1, 0.15) is 23.8 Å². The largest absolute Gasteiger partial charge is 0.488 e. The molecule has 0 aliphatic carbocycles. The quantitative estimate of drug-likeness (QED) is 0.744. The minimum atomic E-state index is -0.618. The number of hydrogen-bond acceptors (Lipinski definition) is 4. The third-order valence-electron chi connectivity index (χ3n) is 2.59. The number of para-hydroxylation sites is 1. The van der Waals surface area contributed by atoms with Crippen molar-refractivity contribution in [3.05, 3.63) is 28.9 Å². The average molecular weight is 263 g/mol. The number of ether oxygens (including phenoxy) is 1. The van der Waals surface area contributed by atoms with Gasteiger partial charge in [-0.05, 0) is 12.1 Å². The highest BCUT2D eigenvalue weighted by atomic mass is 16.5. The summed E-state index contributed by atoms with van der Waals surface area (Å²) in [5.74, 6) is 0.468. The number of hydrogen-bond donors (Lipinski definition) is 2. The van der Waals surface area contributed by atoms with Gasteiger partial charge in [0.2, 0.25) is 0 Å². The molecule has 0 unspecified atom stereocenters. The highest BCUT2D eigenvalue weighted by Crippen LogP contribution is 2.02. The molecule has 2 N–H and O–H groups in total. The van der Waals surface area contributed by atoms with Crippen molar-refractivity contribution in [1.29, 1.82) is 0 Å².